The molecule has 0 saturated heterocycles. The summed E-state index contributed by atoms with van der Waals surface area (Å²) in [5, 5.41) is 2.93. The van der Waals surface area contributed by atoms with Gasteiger partial charge < -0.3 is 9.88 Å². The van der Waals surface area contributed by atoms with Gasteiger partial charge in [0.2, 0.25) is 9.84 Å². The van der Waals surface area contributed by atoms with Crippen LogP contribution in [0.25, 0.3) is 22.2 Å². The lowest BCUT2D eigenvalue weighted by Gasteiger charge is -2.20. The fourth-order valence-corrected chi connectivity index (χ4v) is 6.30. The van der Waals surface area contributed by atoms with E-state index in [1.807, 2.05) is 61.5 Å². The molecule has 0 aliphatic heterocycles. The maximum atomic E-state index is 14.3. The van der Waals surface area contributed by atoms with Gasteiger partial charge in [0.15, 0.2) is 5.65 Å². The molecule has 0 radical (unpaired) electrons. The van der Waals surface area contributed by atoms with Crippen molar-refractivity contribution in [3.05, 3.63) is 126 Å². The molecule has 8 heteroatoms. The molecular weight excluding hydrogens is 508 g/mol. The summed E-state index contributed by atoms with van der Waals surface area (Å²) in [6.45, 7) is 1.95. The number of para-hydroxylation sites is 2. The number of benzene rings is 4. The molecule has 2 aromatic heterocycles. The molecule has 1 amide bonds. The zero-order valence-electron chi connectivity index (χ0n) is 21.0. The highest BCUT2D eigenvalue weighted by Crippen LogP contribution is 2.40. The molecule has 7 nitrogen and oxygen atoms in total. The van der Waals surface area contributed by atoms with Crippen LogP contribution in [0, 0.1) is 0 Å². The largest absolute Gasteiger partial charge is 0.307 e. The fraction of sp³-hybridized carbons (Fsp3) is 0.0645. The van der Waals surface area contributed by atoms with E-state index in [0.717, 1.165) is 5.56 Å². The van der Waals surface area contributed by atoms with E-state index in [1.165, 1.54) is 12.1 Å². The van der Waals surface area contributed by atoms with E-state index >= 15 is 0 Å². The number of fused-ring (bicyclic) bond motifs is 2. The molecule has 39 heavy (non-hydrogen) atoms. The standard InChI is InChI=1S/C31H24N4O3S/c1-21(22-13-5-2-6-14-22)35-29-27(32-25-19-11-12-20-26(25)33-29)28(39(37,38)24-17-9-4-10-18-24)30(35)34-31(36)23-15-7-3-8-16-23/h2-21H,1H3,(H,34,36). The Labute approximate surface area is 225 Å². The maximum absolute atomic E-state index is 14.3. The van der Waals surface area contributed by atoms with Gasteiger partial charge in [-0.25, -0.2) is 18.4 Å². The van der Waals surface area contributed by atoms with Gasteiger partial charge in [0.05, 0.1) is 22.0 Å². The first-order valence-electron chi connectivity index (χ1n) is 12.5. The molecule has 0 bridgehead atoms. The number of rotatable bonds is 6. The van der Waals surface area contributed by atoms with Crippen molar-refractivity contribution in [2.75, 3.05) is 5.32 Å². The summed E-state index contributed by atoms with van der Waals surface area (Å²) in [6, 6.07) is 33.5. The summed E-state index contributed by atoms with van der Waals surface area (Å²) in [7, 11) is -4.13. The van der Waals surface area contributed by atoms with Crippen LogP contribution >= 0.6 is 0 Å². The van der Waals surface area contributed by atoms with E-state index in [1.54, 1.807) is 53.1 Å². The molecule has 6 rings (SSSR count). The van der Waals surface area contributed by atoms with Crippen molar-refractivity contribution in [3.8, 4) is 0 Å². The van der Waals surface area contributed by atoms with E-state index in [4.69, 9.17) is 9.97 Å². The predicted molar refractivity (Wildman–Crippen MR) is 152 cm³/mol. The molecule has 0 saturated carbocycles. The first-order chi connectivity index (χ1) is 18.9. The average Bonchev–Trinajstić information content (AvgIpc) is 3.29. The summed E-state index contributed by atoms with van der Waals surface area (Å²) in [5.41, 5.74) is 3.05. The number of sulfone groups is 1. The predicted octanol–water partition coefficient (Wildman–Crippen LogP) is 6.28. The van der Waals surface area contributed by atoms with Crippen LogP contribution in [0.1, 0.15) is 28.9 Å². The number of hydrogen-bond donors (Lipinski definition) is 1. The van der Waals surface area contributed by atoms with Crippen LogP contribution in [0.3, 0.4) is 0 Å². The van der Waals surface area contributed by atoms with E-state index < -0.39 is 15.7 Å². The monoisotopic (exact) mass is 532 g/mol. The van der Waals surface area contributed by atoms with Crippen molar-refractivity contribution in [1.82, 2.24) is 14.5 Å². The van der Waals surface area contributed by atoms with E-state index in [-0.39, 0.29) is 27.2 Å². The second kappa shape index (κ2) is 9.81. The van der Waals surface area contributed by atoms with Gasteiger partial charge in [0, 0.05) is 5.56 Å². The number of nitrogens with one attached hydrogen (secondary N) is 1. The molecule has 0 aliphatic rings. The summed E-state index contributed by atoms with van der Waals surface area (Å²) >= 11 is 0. The van der Waals surface area contributed by atoms with E-state index in [2.05, 4.69) is 5.32 Å². The Morgan fingerprint density at radius 2 is 1.28 bits per heavy atom. The van der Waals surface area contributed by atoms with Gasteiger partial charge in [-0.05, 0) is 48.9 Å². The van der Waals surface area contributed by atoms with Gasteiger partial charge in [-0.2, -0.15) is 0 Å². The number of aromatic nitrogens is 3. The second-order valence-corrected chi connectivity index (χ2v) is 11.0. The van der Waals surface area contributed by atoms with Crippen LogP contribution in [0.5, 0.6) is 0 Å². The quantitative estimate of drug-likeness (QED) is 0.273. The third kappa shape index (κ3) is 4.34. The first-order valence-corrected chi connectivity index (χ1v) is 14.0. The molecule has 0 spiro atoms. The Morgan fingerprint density at radius 3 is 1.92 bits per heavy atom. The Hall–Kier alpha value is -4.82. The van der Waals surface area contributed by atoms with Gasteiger partial charge in [-0.3, -0.25) is 4.79 Å². The maximum Gasteiger partial charge on any atom is 0.256 e. The van der Waals surface area contributed by atoms with Gasteiger partial charge in [0.1, 0.15) is 16.2 Å². The number of hydrogen-bond acceptors (Lipinski definition) is 5. The summed E-state index contributed by atoms with van der Waals surface area (Å²) < 4.78 is 30.3. The molecule has 192 valence electrons. The van der Waals surface area contributed by atoms with Crippen LogP contribution in [0.4, 0.5) is 5.82 Å². The lowest BCUT2D eigenvalue weighted by molar-refractivity contribution is 0.102. The fourth-order valence-electron chi connectivity index (χ4n) is 4.75. The minimum atomic E-state index is -4.13. The Bertz CT molecular complexity index is 1920. The average molecular weight is 533 g/mol. The van der Waals surface area contributed by atoms with Crippen molar-refractivity contribution < 1.29 is 13.2 Å². The Kier molecular flexibility index (Phi) is 6.17. The molecule has 6 aromatic rings. The van der Waals surface area contributed by atoms with E-state index in [9.17, 15) is 13.2 Å². The molecule has 1 N–H and O–H groups in total. The van der Waals surface area contributed by atoms with Crippen molar-refractivity contribution >= 4 is 43.8 Å². The minimum Gasteiger partial charge on any atom is -0.307 e. The number of anilines is 1. The highest BCUT2D eigenvalue weighted by atomic mass is 32.2. The number of nitrogens with zero attached hydrogens (tertiary/aromatic N) is 3. The van der Waals surface area contributed by atoms with Crippen molar-refractivity contribution in [2.24, 2.45) is 0 Å². The van der Waals surface area contributed by atoms with Crippen LogP contribution in [0.2, 0.25) is 0 Å². The molecule has 1 unspecified atom stereocenters. The Morgan fingerprint density at radius 1 is 0.744 bits per heavy atom. The molecule has 0 fully saturated rings. The van der Waals surface area contributed by atoms with Gasteiger partial charge in [0.25, 0.3) is 5.91 Å². The van der Waals surface area contributed by atoms with Crippen LogP contribution in [0.15, 0.2) is 125 Å². The molecular formula is C31H24N4O3S. The van der Waals surface area contributed by atoms with Crippen molar-refractivity contribution in [1.29, 1.82) is 0 Å². The van der Waals surface area contributed by atoms with Gasteiger partial charge >= 0.3 is 0 Å². The van der Waals surface area contributed by atoms with Crippen LogP contribution in [-0.4, -0.2) is 28.9 Å². The molecule has 0 aliphatic carbocycles. The SMILES string of the molecule is CC(c1ccccc1)n1c(NC(=O)c2ccccc2)c(S(=O)(=O)c2ccccc2)c2nc3ccccc3nc21. The number of carbonyl (C=O) groups is 1. The minimum absolute atomic E-state index is 0.0889. The van der Waals surface area contributed by atoms with E-state index in [0.29, 0.717) is 22.2 Å². The first kappa shape index (κ1) is 24.5. The van der Waals surface area contributed by atoms with Gasteiger partial charge in [-0.15, -0.1) is 0 Å². The molecule has 4 aromatic carbocycles. The number of amides is 1. The number of carbonyl (C=O) groups excluding carboxylic acids is 1. The van der Waals surface area contributed by atoms with Crippen LogP contribution < -0.4 is 5.32 Å². The second-order valence-electron chi connectivity index (χ2n) is 9.16. The zero-order valence-corrected chi connectivity index (χ0v) is 21.8. The lowest BCUT2D eigenvalue weighted by atomic mass is 10.1. The Balaban J connectivity index is 1.71. The summed E-state index contributed by atoms with van der Waals surface area (Å²) in [5.74, 6) is -0.316. The third-order valence-corrected chi connectivity index (χ3v) is 8.53. The smallest absolute Gasteiger partial charge is 0.256 e. The lowest BCUT2D eigenvalue weighted by Crippen LogP contribution is -2.19. The van der Waals surface area contributed by atoms with Crippen molar-refractivity contribution in [2.45, 2.75) is 22.8 Å². The topological polar surface area (TPSA) is 94.0 Å². The third-order valence-electron chi connectivity index (χ3n) is 6.71. The van der Waals surface area contributed by atoms with Gasteiger partial charge in [-0.1, -0.05) is 78.9 Å². The van der Waals surface area contributed by atoms with Crippen molar-refractivity contribution in [3.63, 3.8) is 0 Å². The molecule has 1 atom stereocenters. The summed E-state index contributed by atoms with van der Waals surface area (Å²) in [6.07, 6.45) is 0. The zero-order chi connectivity index (χ0) is 27.0. The highest BCUT2D eigenvalue weighted by Gasteiger charge is 2.34. The summed E-state index contributed by atoms with van der Waals surface area (Å²) in [4.78, 5) is 23.2. The van der Waals surface area contributed by atoms with Crippen LogP contribution in [-0.2, 0) is 9.84 Å². The molecule has 2 heterocycles. The normalized spacial score (nSPS) is 12.4. The highest BCUT2D eigenvalue weighted by molar-refractivity contribution is 7.92.